The number of piperidine rings is 1. The Morgan fingerprint density at radius 1 is 1.20 bits per heavy atom. The van der Waals surface area contributed by atoms with Crippen LogP contribution in [-0.2, 0) is 9.59 Å². The molecule has 0 bridgehead atoms. The summed E-state index contributed by atoms with van der Waals surface area (Å²) in [6, 6.07) is -0.384. The maximum Gasteiger partial charge on any atom is 0.244 e. The van der Waals surface area contributed by atoms with E-state index in [1.807, 2.05) is 4.90 Å². The predicted octanol–water partition coefficient (Wildman–Crippen LogP) is 2.04. The fourth-order valence-electron chi connectivity index (χ4n) is 2.71. The first-order chi connectivity index (χ1) is 9.66. The summed E-state index contributed by atoms with van der Waals surface area (Å²) in [5, 5.41) is 2.84. The molecule has 1 N–H and O–H groups in total. The third-order valence-corrected chi connectivity index (χ3v) is 5.40. The first-order valence-corrected chi connectivity index (χ1v) is 8.98. The molecule has 20 heavy (non-hydrogen) atoms. The van der Waals surface area contributed by atoms with Crippen molar-refractivity contribution in [1.82, 2.24) is 10.2 Å². The lowest BCUT2D eigenvalue weighted by Crippen LogP contribution is -2.48. The number of nitrogens with zero attached hydrogens (tertiary/aromatic N) is 1. The predicted molar refractivity (Wildman–Crippen MR) is 82.7 cm³/mol. The number of hydrogen-bond acceptors (Lipinski definition) is 3. The van der Waals surface area contributed by atoms with E-state index in [9.17, 15) is 9.59 Å². The zero-order valence-corrected chi connectivity index (χ0v) is 13.2. The van der Waals surface area contributed by atoms with Crippen molar-refractivity contribution in [2.45, 2.75) is 51.5 Å². The van der Waals surface area contributed by atoms with Crippen LogP contribution in [0.15, 0.2) is 0 Å². The lowest BCUT2D eigenvalue weighted by Gasteiger charge is -2.29. The molecule has 5 heteroatoms. The van der Waals surface area contributed by atoms with Crippen molar-refractivity contribution in [1.29, 1.82) is 0 Å². The minimum Gasteiger partial charge on any atom is -0.344 e. The van der Waals surface area contributed by atoms with Gasteiger partial charge in [-0.2, -0.15) is 11.8 Å². The average Bonchev–Trinajstić information content (AvgIpc) is 2.41. The van der Waals surface area contributed by atoms with E-state index in [-0.39, 0.29) is 17.9 Å². The number of hydrogen-bond donors (Lipinski definition) is 1. The van der Waals surface area contributed by atoms with Crippen molar-refractivity contribution in [3.63, 3.8) is 0 Å². The molecule has 0 aromatic heterocycles. The molecule has 2 rings (SSSR count). The molecule has 1 saturated carbocycles. The Balaban J connectivity index is 1.62. The van der Waals surface area contributed by atoms with Gasteiger partial charge in [0.2, 0.25) is 11.8 Å². The summed E-state index contributed by atoms with van der Waals surface area (Å²) in [5.74, 6) is 2.45. The minimum atomic E-state index is -0.384. The monoisotopic (exact) mass is 298 g/mol. The number of carbonyl (C=O) groups is 2. The molecular weight excluding hydrogens is 272 g/mol. The van der Waals surface area contributed by atoms with Crippen LogP contribution in [-0.4, -0.2) is 47.4 Å². The Labute approximate surface area is 126 Å². The van der Waals surface area contributed by atoms with Crippen LogP contribution < -0.4 is 5.32 Å². The third kappa shape index (κ3) is 4.69. The van der Waals surface area contributed by atoms with E-state index in [4.69, 9.17) is 0 Å². The highest BCUT2D eigenvalue weighted by Crippen LogP contribution is 2.29. The minimum absolute atomic E-state index is 0.00724. The Bertz CT molecular complexity index is 339. The zero-order valence-electron chi connectivity index (χ0n) is 12.4. The van der Waals surface area contributed by atoms with Crippen LogP contribution in [0.25, 0.3) is 0 Å². The molecule has 1 aliphatic carbocycles. The number of likely N-dealkylation sites (tertiary alicyclic amines) is 1. The number of rotatable bonds is 6. The first-order valence-electron chi connectivity index (χ1n) is 7.82. The highest BCUT2D eigenvalue weighted by Gasteiger charge is 2.23. The van der Waals surface area contributed by atoms with E-state index >= 15 is 0 Å². The van der Waals surface area contributed by atoms with E-state index < -0.39 is 0 Å². The van der Waals surface area contributed by atoms with Crippen LogP contribution in [0.5, 0.6) is 0 Å². The molecule has 0 aromatic carbocycles. The van der Waals surface area contributed by atoms with Gasteiger partial charge in [-0.3, -0.25) is 9.59 Å². The highest BCUT2D eigenvalue weighted by molar-refractivity contribution is 7.99. The van der Waals surface area contributed by atoms with Gasteiger partial charge in [0.15, 0.2) is 0 Å². The lowest BCUT2D eigenvalue weighted by atomic mass is 9.87. The summed E-state index contributed by atoms with van der Waals surface area (Å²) in [4.78, 5) is 25.9. The molecule has 0 spiro atoms. The van der Waals surface area contributed by atoms with E-state index in [0.29, 0.717) is 5.75 Å². The van der Waals surface area contributed by atoms with Crippen molar-refractivity contribution in [3.8, 4) is 0 Å². The molecule has 1 heterocycles. The number of nitrogens with one attached hydrogen (secondary N) is 1. The van der Waals surface area contributed by atoms with Crippen LogP contribution >= 0.6 is 11.8 Å². The molecule has 0 aromatic rings. The molecule has 2 amide bonds. The van der Waals surface area contributed by atoms with E-state index in [0.717, 1.165) is 37.6 Å². The maximum atomic E-state index is 12.2. The van der Waals surface area contributed by atoms with Gasteiger partial charge in [-0.05, 0) is 50.7 Å². The SMILES string of the molecule is C[C@H](NC(=O)CSCC1CCC1)C(=O)N1CCCCC1. The van der Waals surface area contributed by atoms with E-state index in [1.54, 1.807) is 18.7 Å². The molecule has 4 nitrogen and oxygen atoms in total. The molecule has 0 radical (unpaired) electrons. The quantitative estimate of drug-likeness (QED) is 0.816. The van der Waals surface area contributed by atoms with Gasteiger partial charge in [-0.1, -0.05) is 6.42 Å². The van der Waals surface area contributed by atoms with Crippen LogP contribution in [0.3, 0.4) is 0 Å². The molecule has 1 atom stereocenters. The van der Waals surface area contributed by atoms with Gasteiger partial charge in [0, 0.05) is 13.1 Å². The second kappa shape index (κ2) is 7.91. The van der Waals surface area contributed by atoms with Crippen LogP contribution in [0, 0.1) is 5.92 Å². The van der Waals surface area contributed by atoms with Crippen LogP contribution in [0.2, 0.25) is 0 Å². The molecule has 2 fully saturated rings. The fourth-order valence-corrected chi connectivity index (χ4v) is 3.76. The molecular formula is C15H26N2O2S. The van der Waals surface area contributed by atoms with Gasteiger partial charge in [-0.15, -0.1) is 0 Å². The third-order valence-electron chi connectivity index (χ3n) is 4.23. The van der Waals surface area contributed by atoms with Crippen LogP contribution in [0.4, 0.5) is 0 Å². The lowest BCUT2D eigenvalue weighted by molar-refractivity contribution is -0.136. The Hall–Kier alpha value is -0.710. The second-order valence-corrected chi connectivity index (χ2v) is 7.02. The number of carbonyl (C=O) groups excluding carboxylic acids is 2. The van der Waals surface area contributed by atoms with Gasteiger partial charge >= 0.3 is 0 Å². The van der Waals surface area contributed by atoms with Crippen molar-refractivity contribution in [3.05, 3.63) is 0 Å². The zero-order chi connectivity index (χ0) is 14.4. The molecule has 1 aliphatic heterocycles. The number of amides is 2. The first kappa shape index (κ1) is 15.7. The maximum absolute atomic E-state index is 12.2. The second-order valence-electron chi connectivity index (χ2n) is 5.99. The van der Waals surface area contributed by atoms with Crippen molar-refractivity contribution in [2.24, 2.45) is 5.92 Å². The van der Waals surface area contributed by atoms with Crippen molar-refractivity contribution in [2.75, 3.05) is 24.6 Å². The van der Waals surface area contributed by atoms with E-state index in [2.05, 4.69) is 5.32 Å². The summed E-state index contributed by atoms with van der Waals surface area (Å²) in [5.41, 5.74) is 0. The summed E-state index contributed by atoms with van der Waals surface area (Å²) < 4.78 is 0. The smallest absolute Gasteiger partial charge is 0.244 e. The van der Waals surface area contributed by atoms with Gasteiger partial charge in [-0.25, -0.2) is 0 Å². The summed E-state index contributed by atoms with van der Waals surface area (Å²) in [6.07, 6.45) is 7.37. The fraction of sp³-hybridized carbons (Fsp3) is 0.867. The Kier molecular flexibility index (Phi) is 6.20. The molecule has 0 unspecified atom stereocenters. The average molecular weight is 298 g/mol. The van der Waals surface area contributed by atoms with Gasteiger partial charge in [0.05, 0.1) is 5.75 Å². The van der Waals surface area contributed by atoms with Gasteiger partial charge < -0.3 is 10.2 Å². The summed E-state index contributed by atoms with van der Waals surface area (Å²) in [7, 11) is 0. The normalized spacial score (nSPS) is 21.1. The standard InChI is InChI=1S/C15H26N2O2S/c1-12(15(19)17-8-3-2-4-9-17)16-14(18)11-20-10-13-6-5-7-13/h12-13H,2-11H2,1H3,(H,16,18)/t12-/m0/s1. The largest absolute Gasteiger partial charge is 0.344 e. The Morgan fingerprint density at radius 3 is 2.50 bits per heavy atom. The summed E-state index contributed by atoms with van der Waals surface area (Å²) >= 11 is 1.70. The van der Waals surface area contributed by atoms with Gasteiger partial charge in [0.1, 0.15) is 6.04 Å². The molecule has 1 saturated heterocycles. The number of thioether (sulfide) groups is 1. The topological polar surface area (TPSA) is 49.4 Å². The highest BCUT2D eigenvalue weighted by atomic mass is 32.2. The van der Waals surface area contributed by atoms with Crippen molar-refractivity contribution >= 4 is 23.6 Å². The van der Waals surface area contributed by atoms with Crippen LogP contribution in [0.1, 0.15) is 45.4 Å². The Morgan fingerprint density at radius 2 is 1.90 bits per heavy atom. The van der Waals surface area contributed by atoms with E-state index in [1.165, 1.54) is 25.7 Å². The summed E-state index contributed by atoms with van der Waals surface area (Å²) in [6.45, 7) is 3.48. The van der Waals surface area contributed by atoms with Gasteiger partial charge in [0.25, 0.3) is 0 Å². The van der Waals surface area contributed by atoms with Crippen molar-refractivity contribution < 1.29 is 9.59 Å². The molecule has 114 valence electrons. The molecule has 2 aliphatic rings.